The largest absolute Gasteiger partial charge is 0.411 e. The van der Waals surface area contributed by atoms with Crippen LogP contribution in [0.2, 0.25) is 0 Å². The first-order valence-electron chi connectivity index (χ1n) is 6.58. The fraction of sp³-hybridized carbons (Fsp3) is 0.312. The van der Waals surface area contributed by atoms with E-state index in [-0.39, 0.29) is 5.41 Å². The lowest BCUT2D eigenvalue weighted by molar-refractivity contribution is 0.307. The van der Waals surface area contributed by atoms with E-state index in [1.54, 1.807) is 0 Å². The van der Waals surface area contributed by atoms with E-state index in [0.717, 1.165) is 28.6 Å². The molecule has 1 N–H and O–H groups in total. The van der Waals surface area contributed by atoms with E-state index in [1.165, 1.54) is 15.3 Å². The number of nitrogens with zero attached hydrogens (tertiary/aromatic N) is 1. The molecule has 0 saturated carbocycles. The quantitative estimate of drug-likeness (QED) is 0.547. The summed E-state index contributed by atoms with van der Waals surface area (Å²) in [6.07, 6.45) is 1.87. The SMILES string of the molecule is CC1(C)C/C(=N\O)c2cc(-c3ccc(Br)cc3)sc2C1. The van der Waals surface area contributed by atoms with Crippen molar-refractivity contribution in [2.75, 3.05) is 0 Å². The van der Waals surface area contributed by atoms with Gasteiger partial charge in [0.1, 0.15) is 0 Å². The highest BCUT2D eigenvalue weighted by Gasteiger charge is 2.31. The monoisotopic (exact) mass is 349 g/mol. The Morgan fingerprint density at radius 2 is 1.90 bits per heavy atom. The van der Waals surface area contributed by atoms with Gasteiger partial charge in [0, 0.05) is 19.8 Å². The van der Waals surface area contributed by atoms with Gasteiger partial charge in [0.25, 0.3) is 0 Å². The lowest BCUT2D eigenvalue weighted by Crippen LogP contribution is -2.26. The molecular weight excluding hydrogens is 334 g/mol. The van der Waals surface area contributed by atoms with Crippen molar-refractivity contribution in [2.45, 2.75) is 26.7 Å². The molecule has 104 valence electrons. The normalized spacial score (nSPS) is 19.1. The van der Waals surface area contributed by atoms with Crippen molar-refractivity contribution in [1.82, 2.24) is 0 Å². The molecule has 0 unspecified atom stereocenters. The molecule has 3 rings (SSSR count). The predicted molar refractivity (Wildman–Crippen MR) is 87.9 cm³/mol. The average molecular weight is 350 g/mol. The highest BCUT2D eigenvalue weighted by Crippen LogP contribution is 2.42. The van der Waals surface area contributed by atoms with Crippen LogP contribution in [-0.4, -0.2) is 10.9 Å². The van der Waals surface area contributed by atoms with E-state index in [0.29, 0.717) is 0 Å². The zero-order valence-electron chi connectivity index (χ0n) is 11.5. The van der Waals surface area contributed by atoms with Crippen molar-refractivity contribution in [1.29, 1.82) is 0 Å². The summed E-state index contributed by atoms with van der Waals surface area (Å²) in [6.45, 7) is 4.44. The highest BCUT2D eigenvalue weighted by molar-refractivity contribution is 9.10. The zero-order chi connectivity index (χ0) is 14.3. The van der Waals surface area contributed by atoms with Crippen molar-refractivity contribution in [3.63, 3.8) is 0 Å². The van der Waals surface area contributed by atoms with Crippen LogP contribution in [0.3, 0.4) is 0 Å². The molecule has 20 heavy (non-hydrogen) atoms. The molecule has 1 aliphatic carbocycles. The lowest BCUT2D eigenvalue weighted by atomic mass is 9.76. The zero-order valence-corrected chi connectivity index (χ0v) is 13.9. The number of fused-ring (bicyclic) bond motifs is 1. The fourth-order valence-electron chi connectivity index (χ4n) is 2.70. The summed E-state index contributed by atoms with van der Waals surface area (Å²) in [7, 11) is 0. The van der Waals surface area contributed by atoms with Crippen LogP contribution in [-0.2, 0) is 6.42 Å². The van der Waals surface area contributed by atoms with Gasteiger partial charge in [-0.2, -0.15) is 0 Å². The van der Waals surface area contributed by atoms with E-state index in [9.17, 15) is 5.21 Å². The van der Waals surface area contributed by atoms with Gasteiger partial charge >= 0.3 is 0 Å². The van der Waals surface area contributed by atoms with Gasteiger partial charge in [-0.3, -0.25) is 0 Å². The van der Waals surface area contributed by atoms with Crippen molar-refractivity contribution in [3.05, 3.63) is 45.2 Å². The Balaban J connectivity index is 2.06. The summed E-state index contributed by atoms with van der Waals surface area (Å²) in [4.78, 5) is 2.56. The smallest absolute Gasteiger partial charge is 0.0884 e. The summed E-state index contributed by atoms with van der Waals surface area (Å²) >= 11 is 5.27. The second-order valence-electron chi connectivity index (χ2n) is 6.02. The van der Waals surface area contributed by atoms with Crippen molar-refractivity contribution >= 4 is 33.0 Å². The third-order valence-electron chi connectivity index (χ3n) is 3.65. The maximum absolute atomic E-state index is 9.27. The Morgan fingerprint density at radius 1 is 1.20 bits per heavy atom. The van der Waals surface area contributed by atoms with Gasteiger partial charge in [-0.25, -0.2) is 0 Å². The summed E-state index contributed by atoms with van der Waals surface area (Å²) < 4.78 is 1.08. The number of hydrogen-bond donors (Lipinski definition) is 1. The molecule has 1 aromatic heterocycles. The summed E-state index contributed by atoms with van der Waals surface area (Å²) in [5, 5.41) is 12.8. The van der Waals surface area contributed by atoms with Gasteiger partial charge in [-0.15, -0.1) is 11.3 Å². The van der Waals surface area contributed by atoms with Crippen LogP contribution < -0.4 is 0 Å². The van der Waals surface area contributed by atoms with Crippen LogP contribution in [0.1, 0.15) is 30.7 Å². The molecule has 2 aromatic rings. The van der Waals surface area contributed by atoms with Gasteiger partial charge in [0.05, 0.1) is 5.71 Å². The molecule has 1 heterocycles. The summed E-state index contributed by atoms with van der Waals surface area (Å²) in [6, 6.07) is 10.5. The van der Waals surface area contributed by atoms with Crippen molar-refractivity contribution in [3.8, 4) is 10.4 Å². The first kappa shape index (κ1) is 13.8. The maximum atomic E-state index is 9.27. The molecule has 0 spiro atoms. The van der Waals surface area contributed by atoms with E-state index < -0.39 is 0 Å². The number of oxime groups is 1. The second-order valence-corrected chi connectivity index (χ2v) is 8.07. The first-order valence-corrected chi connectivity index (χ1v) is 8.19. The number of thiophene rings is 1. The Labute approximate surface area is 131 Å². The Bertz CT molecular complexity index is 670. The van der Waals surface area contributed by atoms with Gasteiger partial charge in [0.15, 0.2) is 0 Å². The molecule has 0 aliphatic heterocycles. The number of benzene rings is 1. The van der Waals surface area contributed by atoms with Crippen molar-refractivity contribution in [2.24, 2.45) is 10.6 Å². The Kier molecular flexibility index (Phi) is 3.46. The standard InChI is InChI=1S/C16H16BrNOS/c1-16(2)8-13(18-19)12-7-14(20-15(12)9-16)10-3-5-11(17)6-4-10/h3-7,19H,8-9H2,1-2H3/b18-13+. The minimum absolute atomic E-state index is 0.163. The molecule has 1 aromatic carbocycles. The minimum atomic E-state index is 0.163. The van der Waals surface area contributed by atoms with Crippen LogP contribution in [0.5, 0.6) is 0 Å². The van der Waals surface area contributed by atoms with Gasteiger partial charge < -0.3 is 5.21 Å². The summed E-state index contributed by atoms with van der Waals surface area (Å²) in [5.74, 6) is 0. The van der Waals surface area contributed by atoms with Crippen molar-refractivity contribution < 1.29 is 5.21 Å². The van der Waals surface area contributed by atoms with E-state index in [2.05, 4.69) is 65.3 Å². The van der Waals surface area contributed by atoms with Crippen LogP contribution in [0.4, 0.5) is 0 Å². The molecule has 4 heteroatoms. The van der Waals surface area contributed by atoms with Gasteiger partial charge in [0.2, 0.25) is 0 Å². The molecule has 0 bridgehead atoms. The van der Waals surface area contributed by atoms with E-state index in [1.807, 2.05) is 11.3 Å². The minimum Gasteiger partial charge on any atom is -0.411 e. The van der Waals surface area contributed by atoms with Crippen LogP contribution in [0.15, 0.2) is 40.0 Å². The Hall–Kier alpha value is -1.13. The molecule has 0 amide bonds. The molecular formula is C16H16BrNOS. The molecule has 0 radical (unpaired) electrons. The molecule has 0 saturated heterocycles. The van der Waals surface area contributed by atoms with E-state index in [4.69, 9.17) is 0 Å². The summed E-state index contributed by atoms with van der Waals surface area (Å²) in [5.41, 5.74) is 3.31. The van der Waals surface area contributed by atoms with Crippen LogP contribution in [0.25, 0.3) is 10.4 Å². The molecule has 2 nitrogen and oxygen atoms in total. The fourth-order valence-corrected chi connectivity index (χ4v) is 4.41. The third kappa shape index (κ3) is 2.54. The van der Waals surface area contributed by atoms with Gasteiger partial charge in [-0.1, -0.05) is 47.1 Å². The van der Waals surface area contributed by atoms with Crippen LogP contribution >= 0.6 is 27.3 Å². The number of hydrogen-bond acceptors (Lipinski definition) is 3. The Morgan fingerprint density at radius 3 is 2.55 bits per heavy atom. The predicted octanol–water partition coefficient (Wildman–Crippen LogP) is 5.33. The lowest BCUT2D eigenvalue weighted by Gasteiger charge is -2.29. The average Bonchev–Trinajstić information content (AvgIpc) is 2.80. The highest BCUT2D eigenvalue weighted by atomic mass is 79.9. The second kappa shape index (κ2) is 5.01. The topological polar surface area (TPSA) is 32.6 Å². The number of halogens is 1. The molecule has 0 fully saturated rings. The van der Waals surface area contributed by atoms with Gasteiger partial charge in [-0.05, 0) is 42.0 Å². The number of rotatable bonds is 1. The first-order chi connectivity index (χ1) is 9.48. The third-order valence-corrected chi connectivity index (χ3v) is 5.37. The van der Waals surface area contributed by atoms with E-state index >= 15 is 0 Å². The molecule has 0 atom stereocenters. The molecule has 1 aliphatic rings. The van der Waals surface area contributed by atoms with Crippen LogP contribution in [0, 0.1) is 5.41 Å². The maximum Gasteiger partial charge on any atom is 0.0884 e.